The van der Waals surface area contributed by atoms with Gasteiger partial charge in [0.2, 0.25) is 5.91 Å². The van der Waals surface area contributed by atoms with Gasteiger partial charge in [-0.2, -0.15) is 0 Å². The van der Waals surface area contributed by atoms with Crippen molar-refractivity contribution in [2.75, 3.05) is 27.2 Å². The molecule has 0 aromatic carbocycles. The summed E-state index contributed by atoms with van der Waals surface area (Å²) in [5.41, 5.74) is 3.04. The average Bonchev–Trinajstić information content (AvgIpc) is 3.17. The molecule has 0 aromatic heterocycles. The Balaban J connectivity index is 1.38. The molecular formula is C34H56N2O2. The first-order valence-electron chi connectivity index (χ1n) is 16.0. The Kier molecular flexibility index (Phi) is 5.83. The number of nitrogens with one attached hydrogen (secondary N) is 1. The van der Waals surface area contributed by atoms with Crippen LogP contribution < -0.4 is 5.32 Å². The predicted octanol–water partition coefficient (Wildman–Crippen LogP) is 6.58. The quantitative estimate of drug-likeness (QED) is 0.315. The number of aliphatic hydroxyl groups is 1. The van der Waals surface area contributed by atoms with Crippen molar-refractivity contribution >= 4 is 5.91 Å². The number of rotatable bonds is 5. The zero-order valence-electron chi connectivity index (χ0n) is 25.8. The van der Waals surface area contributed by atoms with Gasteiger partial charge >= 0.3 is 0 Å². The van der Waals surface area contributed by atoms with Gasteiger partial charge in [-0.15, -0.1) is 0 Å². The van der Waals surface area contributed by atoms with E-state index in [4.69, 9.17) is 0 Å². The van der Waals surface area contributed by atoms with E-state index in [1.807, 2.05) is 0 Å². The molecule has 4 nitrogen and oxygen atoms in total. The van der Waals surface area contributed by atoms with Gasteiger partial charge in [0.25, 0.3) is 0 Å². The summed E-state index contributed by atoms with van der Waals surface area (Å²) in [6.45, 7) is 16.9. The summed E-state index contributed by atoms with van der Waals surface area (Å²) < 4.78 is 0. The molecule has 9 atom stereocenters. The Morgan fingerprint density at radius 1 is 1.00 bits per heavy atom. The number of nitrogens with zero attached hydrogens (tertiary/aromatic N) is 1. The van der Waals surface area contributed by atoms with Gasteiger partial charge in [-0.3, -0.25) is 4.79 Å². The van der Waals surface area contributed by atoms with Crippen molar-refractivity contribution < 1.29 is 9.90 Å². The number of amides is 1. The highest BCUT2D eigenvalue weighted by Crippen LogP contribution is 2.99. The number of carbonyl (C=O) groups excluding carboxylic acids is 1. The van der Waals surface area contributed by atoms with Crippen molar-refractivity contribution in [2.45, 2.75) is 118 Å². The lowest BCUT2D eigenvalue weighted by Gasteiger charge is -2.64. The molecule has 5 fully saturated rings. The minimum Gasteiger partial charge on any atom is -0.393 e. The molecule has 2 N–H and O–H groups in total. The summed E-state index contributed by atoms with van der Waals surface area (Å²) in [5.74, 6) is 1.10. The van der Waals surface area contributed by atoms with Crippen molar-refractivity contribution in [1.82, 2.24) is 10.2 Å². The molecule has 38 heavy (non-hydrogen) atoms. The maximum atomic E-state index is 14.1. The molecule has 6 aliphatic carbocycles. The van der Waals surface area contributed by atoms with Crippen LogP contribution in [0.3, 0.4) is 0 Å². The normalized spacial score (nSPS) is 52.2. The van der Waals surface area contributed by atoms with Gasteiger partial charge in [-0.05, 0) is 136 Å². The Labute approximate surface area is 232 Å². The number of allylic oxidation sites excluding steroid dienone is 2. The number of hydrogen-bond donors (Lipinski definition) is 2. The lowest BCUT2D eigenvalue weighted by molar-refractivity contribution is -0.147. The predicted molar refractivity (Wildman–Crippen MR) is 154 cm³/mol. The van der Waals surface area contributed by atoms with Gasteiger partial charge in [0.1, 0.15) is 0 Å². The molecule has 6 rings (SSSR count). The molecule has 2 spiro atoms. The molecule has 5 saturated carbocycles. The fourth-order valence-electron chi connectivity index (χ4n) is 12.9. The van der Waals surface area contributed by atoms with Crippen molar-refractivity contribution in [3.8, 4) is 0 Å². The summed E-state index contributed by atoms with van der Waals surface area (Å²) in [5, 5.41) is 14.5. The summed E-state index contributed by atoms with van der Waals surface area (Å²) >= 11 is 0. The molecule has 0 radical (unpaired) electrons. The van der Waals surface area contributed by atoms with Gasteiger partial charge in [0.15, 0.2) is 0 Å². The summed E-state index contributed by atoms with van der Waals surface area (Å²) in [6, 6.07) is 0. The smallest absolute Gasteiger partial charge is 0.226 e. The zero-order chi connectivity index (χ0) is 27.6. The second-order valence-corrected chi connectivity index (χ2v) is 16.6. The van der Waals surface area contributed by atoms with Crippen LogP contribution in [0, 0.1) is 49.7 Å². The van der Waals surface area contributed by atoms with Crippen molar-refractivity contribution in [1.29, 1.82) is 0 Å². The van der Waals surface area contributed by atoms with Crippen LogP contribution in [0.1, 0.15) is 112 Å². The SMILES string of the molecule is CC1C(O)CCC2(C)C13CCC1(C)C23CC=C2C3CC(C)(C)CCC3(C(=O)NCCCN(C)C)CC[C@]21C. The standard InChI is InChI=1S/C34H56N2O2/c1-23-26(37)11-12-31(6)33(23)19-16-30(5)29(4)15-18-32(27(38)35-20-9-21-36(7)8)17-14-28(2,3)22-25(32)24(29)10-13-34(30,31)33/h10,23,25-26,37H,9,11-22H2,1-8H3,(H,35,38)/t23?,25?,26?,29-,30?,31?,32?,33?,34?/m1/s1. The Bertz CT molecular complexity index is 1050. The Hall–Kier alpha value is -0.870. The first kappa shape index (κ1) is 27.3. The van der Waals surface area contributed by atoms with Crippen molar-refractivity contribution in [3.05, 3.63) is 11.6 Å². The van der Waals surface area contributed by atoms with E-state index in [1.165, 1.54) is 25.7 Å². The average molecular weight is 525 g/mol. The molecule has 0 heterocycles. The highest BCUT2D eigenvalue weighted by atomic mass is 16.3. The first-order valence-corrected chi connectivity index (χ1v) is 16.0. The molecule has 0 aromatic rings. The summed E-state index contributed by atoms with van der Waals surface area (Å²) in [6.07, 6.45) is 15.0. The van der Waals surface area contributed by atoms with Crippen molar-refractivity contribution in [2.24, 2.45) is 49.7 Å². The Morgan fingerprint density at radius 2 is 1.71 bits per heavy atom. The van der Waals surface area contributed by atoms with E-state index in [2.05, 4.69) is 71.9 Å². The fourth-order valence-corrected chi connectivity index (χ4v) is 12.9. The van der Waals surface area contributed by atoms with E-state index >= 15 is 0 Å². The van der Waals surface area contributed by atoms with Gasteiger partial charge in [-0.1, -0.05) is 53.2 Å². The summed E-state index contributed by atoms with van der Waals surface area (Å²) in [4.78, 5) is 16.3. The molecule has 8 unspecified atom stereocenters. The monoisotopic (exact) mass is 524 g/mol. The molecule has 0 bridgehead atoms. The molecule has 214 valence electrons. The van der Waals surface area contributed by atoms with Crippen LogP contribution in [0.25, 0.3) is 0 Å². The highest BCUT2D eigenvalue weighted by Gasteiger charge is 2.94. The third-order valence-corrected chi connectivity index (χ3v) is 15.0. The second-order valence-electron chi connectivity index (χ2n) is 16.6. The topological polar surface area (TPSA) is 52.6 Å². The van der Waals surface area contributed by atoms with Crippen LogP contribution in [-0.2, 0) is 4.79 Å². The minimum absolute atomic E-state index is 0.141. The Morgan fingerprint density at radius 3 is 2.42 bits per heavy atom. The van der Waals surface area contributed by atoms with Crippen LogP contribution >= 0.6 is 0 Å². The van der Waals surface area contributed by atoms with E-state index in [-0.39, 0.29) is 27.8 Å². The van der Waals surface area contributed by atoms with Gasteiger partial charge in [0.05, 0.1) is 11.5 Å². The number of aliphatic hydroxyl groups excluding tert-OH is 1. The van der Waals surface area contributed by atoms with E-state index in [1.54, 1.807) is 5.57 Å². The molecule has 4 heteroatoms. The van der Waals surface area contributed by atoms with Gasteiger partial charge in [-0.25, -0.2) is 0 Å². The van der Waals surface area contributed by atoms with E-state index in [0.717, 1.165) is 58.0 Å². The first-order chi connectivity index (χ1) is 17.7. The van der Waals surface area contributed by atoms with Crippen LogP contribution in [0.2, 0.25) is 0 Å². The fraction of sp³-hybridized carbons (Fsp3) is 0.912. The molecular weight excluding hydrogens is 468 g/mol. The maximum absolute atomic E-state index is 14.1. The van der Waals surface area contributed by atoms with Crippen LogP contribution in [-0.4, -0.2) is 49.2 Å². The van der Waals surface area contributed by atoms with Gasteiger partial charge in [0, 0.05) is 6.54 Å². The summed E-state index contributed by atoms with van der Waals surface area (Å²) in [7, 11) is 4.21. The second kappa shape index (κ2) is 8.11. The molecule has 6 aliphatic rings. The largest absolute Gasteiger partial charge is 0.393 e. The zero-order valence-corrected chi connectivity index (χ0v) is 25.8. The van der Waals surface area contributed by atoms with Crippen LogP contribution in [0.15, 0.2) is 11.6 Å². The molecule has 1 amide bonds. The third kappa shape index (κ3) is 2.88. The van der Waals surface area contributed by atoms with E-state index in [9.17, 15) is 9.90 Å². The number of hydrogen-bond acceptors (Lipinski definition) is 3. The number of carbonyl (C=O) groups is 1. The molecule has 0 aliphatic heterocycles. The van der Waals surface area contributed by atoms with Crippen LogP contribution in [0.5, 0.6) is 0 Å². The van der Waals surface area contributed by atoms with E-state index < -0.39 is 0 Å². The maximum Gasteiger partial charge on any atom is 0.226 e. The minimum atomic E-state index is -0.236. The lowest BCUT2D eigenvalue weighted by atomic mass is 9.39. The molecule has 0 saturated heterocycles. The lowest BCUT2D eigenvalue weighted by Crippen LogP contribution is -2.60. The third-order valence-electron chi connectivity index (χ3n) is 15.0. The van der Waals surface area contributed by atoms with Crippen LogP contribution in [0.4, 0.5) is 0 Å². The van der Waals surface area contributed by atoms with Crippen molar-refractivity contribution in [3.63, 3.8) is 0 Å². The van der Waals surface area contributed by atoms with E-state index in [0.29, 0.717) is 34.0 Å². The highest BCUT2D eigenvalue weighted by molar-refractivity contribution is 5.84. The van der Waals surface area contributed by atoms with Gasteiger partial charge < -0.3 is 15.3 Å². The number of fused-ring (bicyclic) bond motifs is 4.